The van der Waals surface area contributed by atoms with Gasteiger partial charge in [0, 0.05) is 47.6 Å². The quantitative estimate of drug-likeness (QED) is 0.137. The molecule has 0 N–H and O–H groups in total. The fourth-order valence-corrected chi connectivity index (χ4v) is 15.1. The molecule has 0 fully saturated rings. The molecule has 0 saturated heterocycles. The van der Waals surface area contributed by atoms with Crippen molar-refractivity contribution in [3.63, 3.8) is 0 Å². The number of rotatable bonds is 9. The molecule has 328 valence electrons. The smallest absolute Gasteiger partial charge is 0.0541 e. The molecule has 0 unspecified atom stereocenters. The van der Waals surface area contributed by atoms with E-state index < -0.39 is 10.0 Å². The predicted molar refractivity (Wildman–Crippen MR) is 293 cm³/mol. The van der Waals surface area contributed by atoms with Crippen LogP contribution in [-0.4, -0.2) is 9.13 Å². The summed E-state index contributed by atoms with van der Waals surface area (Å²) in [6.07, 6.45) is 9.04. The molecule has 0 aliphatic heterocycles. The Morgan fingerprint density at radius 2 is 0.768 bits per heavy atom. The molecule has 2 aromatic heterocycles. The van der Waals surface area contributed by atoms with Gasteiger partial charge in [0.1, 0.15) is 0 Å². The Labute approximate surface area is 404 Å². The Kier molecular flexibility index (Phi) is 10.1. The average Bonchev–Trinajstić information content (AvgIpc) is 3.95. The van der Waals surface area contributed by atoms with Crippen LogP contribution in [0.25, 0.3) is 88.4 Å². The Bertz CT molecular complexity index is 3840. The summed E-state index contributed by atoms with van der Waals surface area (Å²) in [4.78, 5) is 5.56. The molecule has 2 nitrogen and oxygen atoms in total. The molecule has 0 atom stereocenters. The highest BCUT2D eigenvalue weighted by molar-refractivity contribution is 8.37. The van der Waals surface area contributed by atoms with E-state index in [9.17, 15) is 0 Å². The summed E-state index contributed by atoms with van der Waals surface area (Å²) < 4.78 is 4.93. The van der Waals surface area contributed by atoms with Crippen molar-refractivity contribution in [2.75, 3.05) is 0 Å². The topological polar surface area (TPSA) is 9.86 Å². The molecule has 69 heavy (non-hydrogen) atoms. The van der Waals surface area contributed by atoms with Crippen LogP contribution in [0.4, 0.5) is 0 Å². The second kappa shape index (κ2) is 17.1. The zero-order valence-electron chi connectivity index (χ0n) is 38.1. The van der Waals surface area contributed by atoms with Gasteiger partial charge in [-0.15, -0.1) is 10.0 Å². The molecule has 0 spiro atoms. The lowest BCUT2D eigenvalue weighted by Gasteiger charge is -2.44. The van der Waals surface area contributed by atoms with Gasteiger partial charge in [0.2, 0.25) is 0 Å². The Morgan fingerprint density at radius 3 is 1.29 bits per heavy atom. The standard InChI is InChI=1S/C66H48N2S/c1-6-21-47(22-7-1)51-41-52(48-23-8-2-9-24-48)43-54(42-51)68-64-36-19-17-34-60(64)62-45-50(38-40-66(62)68)49-37-39-65-61(44-49)59-33-16-18-35-63(59)67(65)53-25-20-32-58(46-53)69(55-26-10-3-11-27-55,56-28-12-4-13-29-56)57-30-14-5-15-31-57/h1-14,16-30,32-46H,15,31H2. The van der Waals surface area contributed by atoms with Crippen LogP contribution in [0.15, 0.2) is 287 Å². The van der Waals surface area contributed by atoms with E-state index in [0.717, 1.165) is 18.5 Å². The number of hydrogen-bond donors (Lipinski definition) is 0. The summed E-state index contributed by atoms with van der Waals surface area (Å²) in [6, 6.07) is 92.3. The fraction of sp³-hybridized carbons (Fsp3) is 0.0303. The minimum absolute atomic E-state index is 1.03. The number of para-hydroxylation sites is 2. The van der Waals surface area contributed by atoms with Crippen LogP contribution in [-0.2, 0) is 0 Å². The highest BCUT2D eigenvalue weighted by Gasteiger charge is 2.35. The minimum atomic E-state index is -1.78. The summed E-state index contributed by atoms with van der Waals surface area (Å²) in [6.45, 7) is 0. The minimum Gasteiger partial charge on any atom is -0.309 e. The normalized spacial score (nSPS) is 13.1. The molecule has 0 saturated carbocycles. The van der Waals surface area contributed by atoms with E-state index in [1.54, 1.807) is 0 Å². The zero-order valence-corrected chi connectivity index (χ0v) is 38.9. The van der Waals surface area contributed by atoms with Gasteiger partial charge in [-0.2, -0.15) is 0 Å². The maximum atomic E-state index is 2.48. The molecular formula is C66H48N2S. The second-order valence-corrected chi connectivity index (χ2v) is 21.2. The van der Waals surface area contributed by atoms with Gasteiger partial charge < -0.3 is 9.13 Å². The zero-order chi connectivity index (χ0) is 45.7. The summed E-state index contributed by atoms with van der Waals surface area (Å²) in [5.74, 6) is 0. The van der Waals surface area contributed by atoms with Crippen molar-refractivity contribution >= 4 is 53.6 Å². The van der Waals surface area contributed by atoms with Crippen LogP contribution in [0.3, 0.4) is 0 Å². The average molecular weight is 901 g/mol. The number of hydrogen-bond acceptors (Lipinski definition) is 0. The van der Waals surface area contributed by atoms with Crippen LogP contribution < -0.4 is 0 Å². The maximum Gasteiger partial charge on any atom is 0.0541 e. The Hall–Kier alpha value is -8.37. The summed E-state index contributed by atoms with van der Waals surface area (Å²) in [7, 11) is -1.78. The lowest BCUT2D eigenvalue weighted by molar-refractivity contribution is 1.01. The maximum absolute atomic E-state index is 2.48. The molecule has 13 rings (SSSR count). The van der Waals surface area contributed by atoms with E-state index in [4.69, 9.17) is 0 Å². The molecular weight excluding hydrogens is 853 g/mol. The number of fused-ring (bicyclic) bond motifs is 6. The Morgan fingerprint density at radius 1 is 0.304 bits per heavy atom. The summed E-state index contributed by atoms with van der Waals surface area (Å²) in [5.41, 5.74) is 14.3. The third-order valence-corrected chi connectivity index (χ3v) is 18.1. The van der Waals surface area contributed by atoms with Crippen molar-refractivity contribution in [3.8, 4) is 44.8 Å². The third-order valence-electron chi connectivity index (χ3n) is 14.1. The second-order valence-electron chi connectivity index (χ2n) is 18.0. The van der Waals surface area contributed by atoms with E-state index in [0.29, 0.717) is 0 Å². The van der Waals surface area contributed by atoms with Crippen LogP contribution in [0.5, 0.6) is 0 Å². The van der Waals surface area contributed by atoms with Crippen molar-refractivity contribution in [2.45, 2.75) is 27.5 Å². The highest BCUT2D eigenvalue weighted by atomic mass is 32.3. The van der Waals surface area contributed by atoms with E-state index in [-0.39, 0.29) is 0 Å². The van der Waals surface area contributed by atoms with Crippen LogP contribution in [0, 0.1) is 0 Å². The highest BCUT2D eigenvalue weighted by Crippen LogP contribution is 2.74. The van der Waals surface area contributed by atoms with Gasteiger partial charge in [-0.05, 0) is 148 Å². The Balaban J connectivity index is 0.963. The first kappa shape index (κ1) is 40.9. The molecule has 1 aliphatic rings. The van der Waals surface area contributed by atoms with Crippen molar-refractivity contribution < 1.29 is 0 Å². The third kappa shape index (κ3) is 6.88. The van der Waals surface area contributed by atoms with Gasteiger partial charge in [0.05, 0.1) is 22.1 Å². The van der Waals surface area contributed by atoms with Crippen molar-refractivity contribution in [3.05, 3.63) is 272 Å². The van der Waals surface area contributed by atoms with Crippen LogP contribution in [0.2, 0.25) is 0 Å². The first-order valence-electron chi connectivity index (χ1n) is 24.0. The van der Waals surface area contributed by atoms with Crippen LogP contribution in [0.1, 0.15) is 12.8 Å². The lowest BCUT2D eigenvalue weighted by Crippen LogP contribution is -2.09. The van der Waals surface area contributed by atoms with E-state index >= 15 is 0 Å². The van der Waals surface area contributed by atoms with Crippen LogP contribution >= 0.6 is 10.0 Å². The van der Waals surface area contributed by atoms with Crippen molar-refractivity contribution in [1.82, 2.24) is 9.13 Å². The SMILES string of the molecule is C1=CCCC(S(c2ccccc2)(c2ccccc2)c2cccc(-n3c4ccccc4c4cc(-c5ccc6c(c5)c5ccccc5n6-c5cc(-c6ccccc6)cc(-c6ccccc6)c5)ccc43)c2)=C1. The number of nitrogens with zero attached hydrogens (tertiary/aromatic N) is 2. The van der Waals surface area contributed by atoms with Gasteiger partial charge in [-0.25, -0.2) is 0 Å². The van der Waals surface area contributed by atoms with Gasteiger partial charge in [0.15, 0.2) is 0 Å². The van der Waals surface area contributed by atoms with Crippen molar-refractivity contribution in [1.29, 1.82) is 0 Å². The molecule has 10 aromatic carbocycles. The molecule has 2 heterocycles. The molecule has 0 radical (unpaired) electrons. The number of allylic oxidation sites excluding steroid dienone is 4. The summed E-state index contributed by atoms with van der Waals surface area (Å²) >= 11 is 0. The lowest BCUT2D eigenvalue weighted by atomic mass is 9.98. The van der Waals surface area contributed by atoms with Gasteiger partial charge in [-0.1, -0.05) is 170 Å². The fourth-order valence-electron chi connectivity index (χ4n) is 11.0. The molecule has 0 amide bonds. The first-order chi connectivity index (χ1) is 34.2. The largest absolute Gasteiger partial charge is 0.309 e. The molecule has 0 bridgehead atoms. The first-order valence-corrected chi connectivity index (χ1v) is 25.6. The van der Waals surface area contributed by atoms with Gasteiger partial charge >= 0.3 is 0 Å². The number of benzene rings is 10. The monoisotopic (exact) mass is 900 g/mol. The molecule has 12 aromatic rings. The van der Waals surface area contributed by atoms with Gasteiger partial charge in [0.25, 0.3) is 0 Å². The van der Waals surface area contributed by atoms with E-state index in [2.05, 4.69) is 276 Å². The van der Waals surface area contributed by atoms with Crippen molar-refractivity contribution in [2.24, 2.45) is 0 Å². The predicted octanol–water partition coefficient (Wildman–Crippen LogP) is 18.4. The molecule has 1 aliphatic carbocycles. The van der Waals surface area contributed by atoms with E-state index in [1.165, 1.54) is 102 Å². The molecule has 3 heteroatoms. The van der Waals surface area contributed by atoms with E-state index in [1.807, 2.05) is 0 Å². The van der Waals surface area contributed by atoms with Gasteiger partial charge in [-0.3, -0.25) is 0 Å². The summed E-state index contributed by atoms with van der Waals surface area (Å²) in [5, 5.41) is 4.96. The number of aromatic nitrogens is 2.